The van der Waals surface area contributed by atoms with Crippen molar-refractivity contribution in [1.29, 1.82) is 0 Å². The average Bonchev–Trinajstić information content (AvgIpc) is 3.06. The van der Waals surface area contributed by atoms with Crippen molar-refractivity contribution >= 4 is 17.5 Å². The molecule has 1 amide bonds. The molecule has 8 heteroatoms. The number of hydrogen-bond donors (Lipinski definition) is 1. The Labute approximate surface area is 164 Å². The second-order valence-corrected chi connectivity index (χ2v) is 7.15. The van der Waals surface area contributed by atoms with Crippen LogP contribution in [0, 0.1) is 6.92 Å². The highest BCUT2D eigenvalue weighted by molar-refractivity contribution is 6.30. The van der Waals surface area contributed by atoms with Gasteiger partial charge in [0.15, 0.2) is 0 Å². The lowest BCUT2D eigenvalue weighted by Gasteiger charge is -2.33. The number of nitrogens with one attached hydrogen (secondary N) is 1. The highest BCUT2D eigenvalue weighted by Crippen LogP contribution is 2.22. The third-order valence-corrected chi connectivity index (χ3v) is 4.85. The van der Waals surface area contributed by atoms with Crippen LogP contribution in [-0.2, 0) is 17.9 Å². The maximum Gasteiger partial charge on any atom is 0.234 e. The van der Waals surface area contributed by atoms with Crippen LogP contribution < -0.4 is 10.1 Å². The van der Waals surface area contributed by atoms with E-state index in [9.17, 15) is 4.79 Å². The van der Waals surface area contributed by atoms with Crippen molar-refractivity contribution in [3.8, 4) is 5.75 Å². The van der Waals surface area contributed by atoms with E-state index in [1.807, 2.05) is 19.1 Å². The molecule has 0 bridgehead atoms. The van der Waals surface area contributed by atoms with Gasteiger partial charge in [0.05, 0.1) is 19.3 Å². The monoisotopic (exact) mass is 392 g/mol. The molecule has 0 saturated carbocycles. The molecule has 1 aliphatic heterocycles. The number of benzene rings is 1. The first-order valence-electron chi connectivity index (χ1n) is 8.99. The zero-order chi connectivity index (χ0) is 19.2. The van der Waals surface area contributed by atoms with Gasteiger partial charge in [-0.3, -0.25) is 14.6 Å². The van der Waals surface area contributed by atoms with Crippen LogP contribution in [0.2, 0.25) is 5.02 Å². The SMILES string of the molecule is COc1ccc(Cl)cc1CNC(=O)CN1CCN(Cc2cc(C)on2)CC1. The number of aromatic nitrogens is 1. The number of halogens is 1. The number of nitrogens with zero attached hydrogens (tertiary/aromatic N) is 3. The minimum Gasteiger partial charge on any atom is -0.496 e. The molecule has 1 fully saturated rings. The first-order valence-corrected chi connectivity index (χ1v) is 9.37. The standard InChI is InChI=1S/C19H25ClN4O3/c1-14-9-17(22-27-14)12-23-5-7-24(8-6-23)13-19(25)21-11-15-10-16(20)3-4-18(15)26-2/h3-4,9-10H,5-8,11-13H2,1-2H3,(H,21,25). The molecule has 1 aliphatic rings. The van der Waals surface area contributed by atoms with Crippen molar-refractivity contribution in [1.82, 2.24) is 20.3 Å². The molecule has 2 aromatic rings. The Bertz CT molecular complexity index is 772. The second-order valence-electron chi connectivity index (χ2n) is 6.71. The summed E-state index contributed by atoms with van der Waals surface area (Å²) in [6, 6.07) is 7.35. The molecule has 27 heavy (non-hydrogen) atoms. The summed E-state index contributed by atoms with van der Waals surface area (Å²) in [5, 5.41) is 7.61. The van der Waals surface area contributed by atoms with Crippen molar-refractivity contribution in [2.45, 2.75) is 20.0 Å². The van der Waals surface area contributed by atoms with E-state index in [0.717, 1.165) is 55.5 Å². The van der Waals surface area contributed by atoms with Gasteiger partial charge in [-0.1, -0.05) is 16.8 Å². The van der Waals surface area contributed by atoms with Crippen molar-refractivity contribution < 1.29 is 14.1 Å². The second kappa shape index (κ2) is 9.21. The molecule has 1 aromatic heterocycles. The first kappa shape index (κ1) is 19.7. The minimum atomic E-state index is -0.00222. The largest absolute Gasteiger partial charge is 0.496 e. The summed E-state index contributed by atoms with van der Waals surface area (Å²) in [5.41, 5.74) is 1.82. The zero-order valence-corrected chi connectivity index (χ0v) is 16.5. The predicted molar refractivity (Wildman–Crippen MR) is 103 cm³/mol. The summed E-state index contributed by atoms with van der Waals surface area (Å²) >= 11 is 6.03. The number of aryl methyl sites for hydroxylation is 1. The van der Waals surface area contributed by atoms with Gasteiger partial charge in [-0.05, 0) is 25.1 Å². The van der Waals surface area contributed by atoms with Gasteiger partial charge in [-0.25, -0.2) is 0 Å². The van der Waals surface area contributed by atoms with Gasteiger partial charge in [0.2, 0.25) is 5.91 Å². The highest BCUT2D eigenvalue weighted by Gasteiger charge is 2.20. The zero-order valence-electron chi connectivity index (χ0n) is 15.7. The number of hydrogen-bond acceptors (Lipinski definition) is 6. The fourth-order valence-corrected chi connectivity index (χ4v) is 3.36. The van der Waals surface area contributed by atoms with Crippen LogP contribution >= 0.6 is 11.6 Å². The molecule has 1 N–H and O–H groups in total. The van der Waals surface area contributed by atoms with Gasteiger partial charge in [0.1, 0.15) is 11.5 Å². The molecule has 2 heterocycles. The lowest BCUT2D eigenvalue weighted by atomic mass is 10.2. The smallest absolute Gasteiger partial charge is 0.234 e. The van der Waals surface area contributed by atoms with E-state index in [4.69, 9.17) is 20.9 Å². The molecular formula is C19H25ClN4O3. The number of carbonyl (C=O) groups is 1. The van der Waals surface area contributed by atoms with E-state index < -0.39 is 0 Å². The third kappa shape index (κ3) is 5.69. The van der Waals surface area contributed by atoms with Crippen LogP contribution in [0.25, 0.3) is 0 Å². The number of amides is 1. The van der Waals surface area contributed by atoms with E-state index in [1.165, 1.54) is 0 Å². The number of rotatable bonds is 7. The molecule has 0 atom stereocenters. The Morgan fingerprint density at radius 2 is 2.00 bits per heavy atom. The average molecular weight is 393 g/mol. The summed E-state index contributed by atoms with van der Waals surface area (Å²) in [4.78, 5) is 16.8. The van der Waals surface area contributed by atoms with Crippen molar-refractivity contribution in [3.63, 3.8) is 0 Å². The Hall–Kier alpha value is -2.09. The van der Waals surface area contributed by atoms with Gasteiger partial charge in [0, 0.05) is 55.9 Å². The highest BCUT2D eigenvalue weighted by atomic mass is 35.5. The topological polar surface area (TPSA) is 70.8 Å². The van der Waals surface area contributed by atoms with E-state index in [2.05, 4.69) is 20.3 Å². The lowest BCUT2D eigenvalue weighted by Crippen LogP contribution is -2.49. The summed E-state index contributed by atoms with van der Waals surface area (Å²) < 4.78 is 10.4. The molecular weight excluding hydrogens is 368 g/mol. The summed E-state index contributed by atoms with van der Waals surface area (Å²) in [6.45, 7) is 6.98. The van der Waals surface area contributed by atoms with Gasteiger partial charge in [-0.15, -0.1) is 0 Å². The fraction of sp³-hybridized carbons (Fsp3) is 0.474. The number of piperazine rings is 1. The Balaban J connectivity index is 1.41. The summed E-state index contributed by atoms with van der Waals surface area (Å²) in [5.74, 6) is 1.55. The molecule has 0 radical (unpaired) electrons. The summed E-state index contributed by atoms with van der Waals surface area (Å²) in [6.07, 6.45) is 0. The molecule has 1 aromatic carbocycles. The van der Waals surface area contributed by atoms with Gasteiger partial charge < -0.3 is 14.6 Å². The minimum absolute atomic E-state index is 0.00222. The number of ether oxygens (including phenoxy) is 1. The van der Waals surface area contributed by atoms with E-state index in [0.29, 0.717) is 18.1 Å². The first-order chi connectivity index (χ1) is 13.0. The Morgan fingerprint density at radius 1 is 1.26 bits per heavy atom. The van der Waals surface area contributed by atoms with Gasteiger partial charge in [-0.2, -0.15) is 0 Å². The van der Waals surface area contributed by atoms with Gasteiger partial charge in [0.25, 0.3) is 0 Å². The van der Waals surface area contributed by atoms with E-state index in [1.54, 1.807) is 19.2 Å². The quantitative estimate of drug-likeness (QED) is 0.777. The molecule has 0 spiro atoms. The van der Waals surface area contributed by atoms with Crippen molar-refractivity contribution in [2.24, 2.45) is 0 Å². The normalized spacial score (nSPS) is 15.7. The fourth-order valence-electron chi connectivity index (χ4n) is 3.17. The maximum absolute atomic E-state index is 12.3. The van der Waals surface area contributed by atoms with Crippen LogP contribution in [0.3, 0.4) is 0 Å². The predicted octanol–water partition coefficient (Wildman–Crippen LogP) is 2.08. The van der Waals surface area contributed by atoms with Crippen molar-refractivity contribution in [2.75, 3.05) is 39.8 Å². The molecule has 3 rings (SSSR count). The Kier molecular flexibility index (Phi) is 6.71. The molecule has 0 aliphatic carbocycles. The van der Waals surface area contributed by atoms with Crippen LogP contribution in [0.5, 0.6) is 5.75 Å². The van der Waals surface area contributed by atoms with E-state index >= 15 is 0 Å². The Morgan fingerprint density at radius 3 is 2.67 bits per heavy atom. The van der Waals surface area contributed by atoms with Crippen LogP contribution in [0.1, 0.15) is 17.0 Å². The van der Waals surface area contributed by atoms with Crippen LogP contribution in [-0.4, -0.2) is 60.7 Å². The maximum atomic E-state index is 12.3. The van der Waals surface area contributed by atoms with Crippen LogP contribution in [0.4, 0.5) is 0 Å². The van der Waals surface area contributed by atoms with Gasteiger partial charge >= 0.3 is 0 Å². The van der Waals surface area contributed by atoms with Crippen LogP contribution in [0.15, 0.2) is 28.8 Å². The molecule has 0 unspecified atom stereocenters. The molecule has 1 saturated heterocycles. The third-order valence-electron chi connectivity index (χ3n) is 4.61. The summed E-state index contributed by atoms with van der Waals surface area (Å²) in [7, 11) is 1.61. The number of carbonyl (C=O) groups excluding carboxylic acids is 1. The lowest BCUT2D eigenvalue weighted by molar-refractivity contribution is -0.122. The molecule has 146 valence electrons. The van der Waals surface area contributed by atoms with E-state index in [-0.39, 0.29) is 5.91 Å². The van der Waals surface area contributed by atoms with Crippen molar-refractivity contribution in [3.05, 3.63) is 46.3 Å². The molecule has 7 nitrogen and oxygen atoms in total. The number of methoxy groups -OCH3 is 1.